The van der Waals surface area contributed by atoms with Gasteiger partial charge in [-0.15, -0.1) is 0 Å². The summed E-state index contributed by atoms with van der Waals surface area (Å²) in [7, 11) is 0. The Bertz CT molecular complexity index is 3800. The van der Waals surface area contributed by atoms with Crippen molar-refractivity contribution in [2.75, 3.05) is 4.90 Å². The number of aromatic nitrogens is 1. The molecule has 3 nitrogen and oxygen atoms in total. The fourth-order valence-electron chi connectivity index (χ4n) is 12.1. The summed E-state index contributed by atoms with van der Waals surface area (Å²) >= 11 is 0. The highest BCUT2D eigenvalue weighted by atomic mass is 16.5. The first-order valence-corrected chi connectivity index (χ1v) is 22.7. The molecule has 306 valence electrons. The first-order valence-electron chi connectivity index (χ1n) is 22.7. The van der Waals surface area contributed by atoms with Crippen LogP contribution in [0.1, 0.15) is 47.2 Å². The number of rotatable bonds is 4. The maximum Gasteiger partial charge on any atom is 0.132 e. The summed E-state index contributed by atoms with van der Waals surface area (Å²) in [4.78, 5) is 2.42. The molecule has 0 bridgehead atoms. The lowest BCUT2D eigenvalue weighted by atomic mass is 9.58. The lowest BCUT2D eigenvalue weighted by molar-refractivity contribution is 0.435. The standard InChI is InChI=1S/C62H42N2O/c1-61(2)50-24-9-6-21-45(50)49-36-41(31-34-51(49)61)64-56-28-12-8-22-46(56)47-33-30-43(38-57(47)64)63(40-18-4-3-5-19-40)42-32-35-59-55(37-42)62(53-26-11-13-29-58(53)65-59)52-25-10-7-20-44(52)48-23-14-16-39-17-15-27-54(62)60(39)48/h3-38H,1-2H3. The van der Waals surface area contributed by atoms with Crippen LogP contribution < -0.4 is 9.64 Å². The summed E-state index contributed by atoms with van der Waals surface area (Å²) in [6, 6.07) is 80.7. The van der Waals surface area contributed by atoms with Crippen LogP contribution in [0, 0.1) is 0 Å². The topological polar surface area (TPSA) is 17.4 Å². The molecule has 1 unspecified atom stereocenters. The zero-order valence-corrected chi connectivity index (χ0v) is 36.1. The van der Waals surface area contributed by atoms with E-state index >= 15 is 0 Å². The first-order chi connectivity index (χ1) is 32.0. The second-order valence-electron chi connectivity index (χ2n) is 18.4. The molecule has 0 saturated heterocycles. The van der Waals surface area contributed by atoms with Crippen molar-refractivity contribution in [3.05, 3.63) is 252 Å². The maximum atomic E-state index is 6.95. The second-order valence-corrected chi connectivity index (χ2v) is 18.4. The van der Waals surface area contributed by atoms with Crippen LogP contribution in [-0.4, -0.2) is 4.57 Å². The van der Waals surface area contributed by atoms with Gasteiger partial charge in [-0.05, 0) is 122 Å². The Kier molecular flexibility index (Phi) is 7.38. The third kappa shape index (κ3) is 4.85. The molecule has 2 aliphatic carbocycles. The SMILES string of the molecule is CC1(C)c2ccccc2-c2cc(-n3c4ccccc4c4ccc(N(c5ccccc5)c5ccc6c(c5)C5(c7ccccc7O6)c6ccccc6-c6cccc7cccc5c67)cc43)ccc21. The van der Waals surface area contributed by atoms with Crippen molar-refractivity contribution in [3.8, 4) is 39.4 Å². The minimum atomic E-state index is -0.649. The highest BCUT2D eigenvalue weighted by Gasteiger charge is 2.49. The number of para-hydroxylation sites is 3. The third-order valence-electron chi connectivity index (χ3n) is 14.8. The third-order valence-corrected chi connectivity index (χ3v) is 14.8. The van der Waals surface area contributed by atoms with E-state index in [1.807, 2.05) is 0 Å². The predicted octanol–water partition coefficient (Wildman–Crippen LogP) is 16.2. The molecule has 0 amide bonds. The van der Waals surface area contributed by atoms with Crippen LogP contribution in [0.2, 0.25) is 0 Å². The van der Waals surface area contributed by atoms with Crippen molar-refractivity contribution in [3.63, 3.8) is 0 Å². The molecule has 2 heterocycles. The molecule has 0 fully saturated rings. The summed E-state index contributed by atoms with van der Waals surface area (Å²) in [5.74, 6) is 1.75. The number of ether oxygens (including phenoxy) is 1. The Labute approximate surface area is 378 Å². The van der Waals surface area contributed by atoms with Gasteiger partial charge >= 0.3 is 0 Å². The Morgan fingerprint density at radius 3 is 1.86 bits per heavy atom. The van der Waals surface area contributed by atoms with Gasteiger partial charge in [0.1, 0.15) is 11.5 Å². The fourth-order valence-corrected chi connectivity index (χ4v) is 12.1. The summed E-state index contributed by atoms with van der Waals surface area (Å²) in [5, 5.41) is 4.98. The van der Waals surface area contributed by atoms with Crippen LogP contribution in [0.4, 0.5) is 17.1 Å². The second kappa shape index (κ2) is 13.2. The molecule has 1 atom stereocenters. The van der Waals surface area contributed by atoms with Crippen molar-refractivity contribution in [1.29, 1.82) is 0 Å². The molecule has 11 aromatic rings. The van der Waals surface area contributed by atoms with Gasteiger partial charge in [-0.25, -0.2) is 0 Å². The van der Waals surface area contributed by atoms with Crippen molar-refractivity contribution in [1.82, 2.24) is 4.57 Å². The Morgan fingerprint density at radius 1 is 0.385 bits per heavy atom. The van der Waals surface area contributed by atoms with E-state index in [1.165, 1.54) is 71.6 Å². The van der Waals surface area contributed by atoms with E-state index in [1.54, 1.807) is 0 Å². The molecule has 0 radical (unpaired) electrons. The maximum absolute atomic E-state index is 6.95. The van der Waals surface area contributed by atoms with E-state index in [0.29, 0.717) is 0 Å². The van der Waals surface area contributed by atoms with Gasteiger partial charge in [-0.1, -0.05) is 166 Å². The van der Waals surface area contributed by atoms with Crippen molar-refractivity contribution in [2.45, 2.75) is 24.7 Å². The zero-order valence-electron chi connectivity index (χ0n) is 36.1. The van der Waals surface area contributed by atoms with E-state index in [4.69, 9.17) is 4.74 Å². The smallest absolute Gasteiger partial charge is 0.132 e. The minimum absolute atomic E-state index is 0.0647. The summed E-state index contributed by atoms with van der Waals surface area (Å²) in [6.45, 7) is 4.70. The van der Waals surface area contributed by atoms with Gasteiger partial charge in [0.2, 0.25) is 0 Å². The lowest BCUT2D eigenvalue weighted by Gasteiger charge is -2.45. The molecule has 1 spiro atoms. The Balaban J connectivity index is 1.02. The van der Waals surface area contributed by atoms with Gasteiger partial charge in [-0.3, -0.25) is 0 Å². The molecule has 1 aliphatic heterocycles. The normalized spacial score (nSPS) is 15.8. The quantitative estimate of drug-likeness (QED) is 0.176. The zero-order chi connectivity index (χ0) is 43.0. The van der Waals surface area contributed by atoms with Crippen LogP contribution in [0.25, 0.3) is 60.5 Å². The Hall–Kier alpha value is -8.14. The number of fused-ring (bicyclic) bond motifs is 14. The van der Waals surface area contributed by atoms with Gasteiger partial charge in [0.05, 0.1) is 16.4 Å². The lowest BCUT2D eigenvalue weighted by Crippen LogP contribution is -2.36. The molecular formula is C62H42N2O. The van der Waals surface area contributed by atoms with Gasteiger partial charge < -0.3 is 14.2 Å². The van der Waals surface area contributed by atoms with Crippen molar-refractivity contribution < 1.29 is 4.74 Å². The molecule has 14 rings (SSSR count). The van der Waals surface area contributed by atoms with E-state index in [0.717, 1.165) is 50.9 Å². The summed E-state index contributed by atoms with van der Waals surface area (Å²) in [6.07, 6.45) is 0. The van der Waals surface area contributed by atoms with Gasteiger partial charge in [-0.2, -0.15) is 0 Å². The highest BCUT2D eigenvalue weighted by Crippen LogP contribution is 2.62. The molecule has 65 heavy (non-hydrogen) atoms. The van der Waals surface area contributed by atoms with Gasteiger partial charge in [0.25, 0.3) is 0 Å². The largest absolute Gasteiger partial charge is 0.457 e. The van der Waals surface area contributed by atoms with E-state index in [9.17, 15) is 0 Å². The Morgan fingerprint density at radius 2 is 1.00 bits per heavy atom. The van der Waals surface area contributed by atoms with E-state index in [-0.39, 0.29) is 5.41 Å². The van der Waals surface area contributed by atoms with Gasteiger partial charge in [0, 0.05) is 50.1 Å². The average molecular weight is 831 g/mol. The van der Waals surface area contributed by atoms with Crippen molar-refractivity contribution >= 4 is 49.6 Å². The van der Waals surface area contributed by atoms with Gasteiger partial charge in [0.15, 0.2) is 0 Å². The number of hydrogen-bond acceptors (Lipinski definition) is 2. The van der Waals surface area contributed by atoms with Crippen LogP contribution in [0.3, 0.4) is 0 Å². The van der Waals surface area contributed by atoms with Crippen LogP contribution >= 0.6 is 0 Å². The number of benzene rings is 10. The number of hydrogen-bond donors (Lipinski definition) is 0. The molecular weight excluding hydrogens is 789 g/mol. The molecule has 1 aromatic heterocycles. The van der Waals surface area contributed by atoms with Crippen molar-refractivity contribution in [2.24, 2.45) is 0 Å². The summed E-state index contributed by atoms with van der Waals surface area (Å²) < 4.78 is 9.42. The van der Waals surface area contributed by atoms with E-state index in [2.05, 4.69) is 242 Å². The number of nitrogens with zero attached hydrogens (tertiary/aromatic N) is 2. The van der Waals surface area contributed by atoms with Crippen LogP contribution in [0.15, 0.2) is 218 Å². The molecule has 10 aromatic carbocycles. The highest BCUT2D eigenvalue weighted by molar-refractivity contribution is 6.11. The first kappa shape index (κ1) is 36.4. The minimum Gasteiger partial charge on any atom is -0.457 e. The monoisotopic (exact) mass is 830 g/mol. The molecule has 3 aliphatic rings. The fraction of sp³-hybridized carbons (Fsp3) is 0.0645. The summed E-state index contributed by atoms with van der Waals surface area (Å²) in [5.41, 5.74) is 18.7. The predicted molar refractivity (Wildman–Crippen MR) is 268 cm³/mol. The van der Waals surface area contributed by atoms with E-state index < -0.39 is 5.41 Å². The average Bonchev–Trinajstić information content (AvgIpc) is 3.80. The van der Waals surface area contributed by atoms with Crippen LogP contribution in [-0.2, 0) is 10.8 Å². The molecule has 0 N–H and O–H groups in total. The molecule has 0 saturated carbocycles. The van der Waals surface area contributed by atoms with Crippen LogP contribution in [0.5, 0.6) is 11.5 Å². The molecule has 3 heteroatoms. The number of anilines is 3.